The van der Waals surface area contributed by atoms with Crippen LogP contribution in [0.5, 0.6) is 0 Å². The van der Waals surface area contributed by atoms with Gasteiger partial charge in [-0.05, 0) is 34.2 Å². The lowest BCUT2D eigenvalue weighted by Gasteiger charge is -2.04. The number of benzene rings is 2. The lowest BCUT2D eigenvalue weighted by molar-refractivity contribution is 0.555. The highest BCUT2D eigenvalue weighted by Crippen LogP contribution is 2.37. The second kappa shape index (κ2) is 3.60. The van der Waals surface area contributed by atoms with E-state index in [9.17, 15) is 4.79 Å². The third-order valence-electron chi connectivity index (χ3n) is 3.21. The predicted octanol–water partition coefficient (Wildman–Crippen LogP) is 2.91. The highest BCUT2D eigenvalue weighted by Gasteiger charge is 2.19. The largest absolute Gasteiger partial charge is 0.291 e. The maximum atomic E-state index is 10.5. The molecule has 1 heteroatoms. The molecule has 0 aliphatic heterocycles. The minimum absolute atomic E-state index is 0.400. The number of fused-ring (bicyclic) bond motifs is 3. The Hall–Kier alpha value is -1.89. The fourth-order valence-electron chi connectivity index (χ4n) is 2.47. The summed E-state index contributed by atoms with van der Waals surface area (Å²) in [7, 11) is 0. The van der Waals surface area contributed by atoms with Crippen LogP contribution >= 0.6 is 0 Å². The van der Waals surface area contributed by atoms with Crippen molar-refractivity contribution < 1.29 is 4.79 Å². The molecule has 2 aromatic rings. The quantitative estimate of drug-likeness (QED) is 0.631. The summed E-state index contributed by atoms with van der Waals surface area (Å²) in [4.78, 5) is 10.5. The van der Waals surface area contributed by atoms with Gasteiger partial charge >= 0.3 is 0 Å². The minimum Gasteiger partial charge on any atom is -0.291 e. The molecule has 0 unspecified atom stereocenters. The molecule has 0 saturated heterocycles. The molecular formula is C15H11O. The highest BCUT2D eigenvalue weighted by molar-refractivity contribution is 5.78. The molecule has 0 spiro atoms. The zero-order chi connectivity index (χ0) is 11.0. The Labute approximate surface area is 94.7 Å². The van der Waals surface area contributed by atoms with Crippen molar-refractivity contribution in [3.63, 3.8) is 0 Å². The maximum absolute atomic E-state index is 10.5. The average molecular weight is 207 g/mol. The van der Waals surface area contributed by atoms with E-state index < -0.39 is 0 Å². The molecule has 1 radical (unpaired) electrons. The van der Waals surface area contributed by atoms with Gasteiger partial charge in [0, 0.05) is 6.42 Å². The summed E-state index contributed by atoms with van der Waals surface area (Å²) >= 11 is 0. The molecule has 0 aromatic heterocycles. The van der Waals surface area contributed by atoms with Crippen LogP contribution in [0.1, 0.15) is 16.7 Å². The number of hydrogen-bond donors (Lipinski definition) is 0. The topological polar surface area (TPSA) is 17.1 Å². The Morgan fingerprint density at radius 3 is 2.69 bits per heavy atom. The van der Waals surface area contributed by atoms with Crippen LogP contribution in [0.4, 0.5) is 0 Å². The van der Waals surface area contributed by atoms with Crippen molar-refractivity contribution in [2.45, 2.75) is 12.8 Å². The first-order valence-electron chi connectivity index (χ1n) is 5.44. The van der Waals surface area contributed by atoms with Gasteiger partial charge in [0.2, 0.25) is 6.29 Å². The monoisotopic (exact) mass is 207 g/mol. The minimum atomic E-state index is 0.400. The molecule has 2 aromatic carbocycles. The summed E-state index contributed by atoms with van der Waals surface area (Å²) < 4.78 is 0. The fourth-order valence-corrected chi connectivity index (χ4v) is 2.47. The summed E-state index contributed by atoms with van der Waals surface area (Å²) in [5.41, 5.74) is 6.36. The van der Waals surface area contributed by atoms with Gasteiger partial charge in [0.1, 0.15) is 0 Å². The van der Waals surface area contributed by atoms with Crippen molar-refractivity contribution in [1.29, 1.82) is 0 Å². The van der Waals surface area contributed by atoms with Crippen molar-refractivity contribution in [3.8, 4) is 11.1 Å². The molecule has 16 heavy (non-hydrogen) atoms. The van der Waals surface area contributed by atoms with Crippen LogP contribution in [0, 0.1) is 0 Å². The molecule has 0 saturated carbocycles. The van der Waals surface area contributed by atoms with Crippen molar-refractivity contribution in [3.05, 3.63) is 59.2 Å². The lowest BCUT2D eigenvalue weighted by Crippen LogP contribution is -1.93. The van der Waals surface area contributed by atoms with E-state index in [1.54, 1.807) is 0 Å². The predicted molar refractivity (Wildman–Crippen MR) is 64.1 cm³/mol. The van der Waals surface area contributed by atoms with E-state index >= 15 is 0 Å². The third-order valence-corrected chi connectivity index (χ3v) is 3.21. The Morgan fingerprint density at radius 2 is 1.81 bits per heavy atom. The molecule has 3 rings (SSSR count). The summed E-state index contributed by atoms with van der Waals surface area (Å²) in [5.74, 6) is 0. The molecule has 0 bridgehead atoms. The zero-order valence-corrected chi connectivity index (χ0v) is 8.86. The Bertz CT molecular complexity index is 555. The smallest absolute Gasteiger partial charge is 0.203 e. The fraction of sp³-hybridized carbons (Fsp3) is 0.133. The number of hydrogen-bond acceptors (Lipinski definition) is 1. The summed E-state index contributed by atoms with van der Waals surface area (Å²) in [5, 5.41) is 0. The SMILES string of the molecule is O=[C]Cc1cccc2c1Cc1ccccc1-2. The van der Waals surface area contributed by atoms with E-state index in [-0.39, 0.29) is 0 Å². The molecule has 1 nitrogen and oxygen atoms in total. The van der Waals surface area contributed by atoms with E-state index in [1.165, 1.54) is 22.3 Å². The van der Waals surface area contributed by atoms with Gasteiger partial charge in [0.15, 0.2) is 0 Å². The van der Waals surface area contributed by atoms with E-state index in [0.29, 0.717) is 6.42 Å². The van der Waals surface area contributed by atoms with Crippen LogP contribution in [0.2, 0.25) is 0 Å². The molecule has 0 heterocycles. The summed E-state index contributed by atoms with van der Waals surface area (Å²) in [6, 6.07) is 14.6. The third kappa shape index (κ3) is 1.28. The summed E-state index contributed by atoms with van der Waals surface area (Å²) in [6.07, 6.45) is 3.34. The van der Waals surface area contributed by atoms with Gasteiger partial charge in [-0.15, -0.1) is 0 Å². The summed E-state index contributed by atoms with van der Waals surface area (Å²) in [6.45, 7) is 0. The Balaban J connectivity index is 2.19. The van der Waals surface area contributed by atoms with Crippen LogP contribution in [-0.2, 0) is 17.6 Å². The van der Waals surface area contributed by atoms with E-state index in [1.807, 2.05) is 18.4 Å². The van der Waals surface area contributed by atoms with Gasteiger partial charge in [-0.1, -0.05) is 42.5 Å². The molecule has 1 aliphatic rings. The normalized spacial score (nSPS) is 12.0. The number of rotatable bonds is 2. The van der Waals surface area contributed by atoms with Crippen LogP contribution < -0.4 is 0 Å². The molecular weight excluding hydrogens is 196 g/mol. The zero-order valence-electron chi connectivity index (χ0n) is 8.86. The molecule has 0 amide bonds. The van der Waals surface area contributed by atoms with E-state index in [0.717, 1.165) is 12.0 Å². The van der Waals surface area contributed by atoms with Crippen molar-refractivity contribution in [2.24, 2.45) is 0 Å². The molecule has 77 valence electrons. The van der Waals surface area contributed by atoms with E-state index in [4.69, 9.17) is 0 Å². The van der Waals surface area contributed by atoms with E-state index in [2.05, 4.69) is 30.3 Å². The Morgan fingerprint density at radius 1 is 1.00 bits per heavy atom. The van der Waals surface area contributed by atoms with Gasteiger partial charge in [-0.25, -0.2) is 0 Å². The first-order valence-corrected chi connectivity index (χ1v) is 5.44. The van der Waals surface area contributed by atoms with Crippen molar-refractivity contribution >= 4 is 6.29 Å². The first kappa shape index (κ1) is 9.34. The molecule has 0 fully saturated rings. The molecule has 1 aliphatic carbocycles. The van der Waals surface area contributed by atoms with Crippen LogP contribution in [0.25, 0.3) is 11.1 Å². The maximum Gasteiger partial charge on any atom is 0.203 e. The van der Waals surface area contributed by atoms with Gasteiger partial charge in [-0.2, -0.15) is 0 Å². The second-order valence-electron chi connectivity index (χ2n) is 4.10. The van der Waals surface area contributed by atoms with Gasteiger partial charge in [0.05, 0.1) is 0 Å². The standard InChI is InChI=1S/C15H11O/c16-9-8-11-5-3-7-14-13-6-2-1-4-12(13)10-15(11)14/h1-7H,8,10H2. The lowest BCUT2D eigenvalue weighted by atomic mass is 10.00. The Kier molecular flexibility index (Phi) is 2.10. The van der Waals surface area contributed by atoms with Crippen molar-refractivity contribution in [2.75, 3.05) is 0 Å². The van der Waals surface area contributed by atoms with Crippen LogP contribution in [0.15, 0.2) is 42.5 Å². The van der Waals surface area contributed by atoms with Gasteiger partial charge in [0.25, 0.3) is 0 Å². The molecule has 0 N–H and O–H groups in total. The molecule has 0 atom stereocenters. The van der Waals surface area contributed by atoms with Crippen LogP contribution in [0.3, 0.4) is 0 Å². The van der Waals surface area contributed by atoms with Gasteiger partial charge < -0.3 is 0 Å². The van der Waals surface area contributed by atoms with Crippen molar-refractivity contribution in [1.82, 2.24) is 0 Å². The highest BCUT2D eigenvalue weighted by atomic mass is 16.1. The first-order chi connectivity index (χ1) is 7.90. The average Bonchev–Trinajstić information content (AvgIpc) is 2.69. The van der Waals surface area contributed by atoms with Crippen LogP contribution in [-0.4, -0.2) is 6.29 Å². The van der Waals surface area contributed by atoms with Gasteiger partial charge in [-0.3, -0.25) is 4.79 Å². The second-order valence-corrected chi connectivity index (χ2v) is 4.10. The number of carbonyl (C=O) groups excluding carboxylic acids is 1.